The van der Waals surface area contributed by atoms with E-state index in [1.54, 1.807) is 7.11 Å². The predicted octanol–water partition coefficient (Wildman–Crippen LogP) is 2.75. The van der Waals surface area contributed by atoms with E-state index in [1.165, 1.54) is 5.56 Å². The number of halogens is 2. The van der Waals surface area contributed by atoms with Crippen LogP contribution in [0.4, 0.5) is 0 Å². The van der Waals surface area contributed by atoms with Gasteiger partial charge in [0, 0.05) is 7.11 Å². The summed E-state index contributed by atoms with van der Waals surface area (Å²) in [5.41, 5.74) is 6.72. The Labute approximate surface area is 130 Å². The normalized spacial score (nSPS) is 10.7. The van der Waals surface area contributed by atoms with Gasteiger partial charge in [-0.1, -0.05) is 0 Å². The topological polar surface area (TPSA) is 53.7 Å². The van der Waals surface area contributed by atoms with E-state index in [0.717, 1.165) is 21.1 Å². The van der Waals surface area contributed by atoms with Gasteiger partial charge in [0.25, 0.3) is 0 Å². The predicted molar refractivity (Wildman–Crippen MR) is 82.8 cm³/mol. The molecule has 2 N–H and O–H groups in total. The lowest BCUT2D eigenvalue weighted by molar-refractivity contribution is 0.0542. The van der Waals surface area contributed by atoms with Crippen LogP contribution in [-0.2, 0) is 15.9 Å². The Morgan fingerprint density at radius 3 is 2.26 bits per heavy atom. The molecule has 0 atom stereocenters. The molecule has 0 fully saturated rings. The van der Waals surface area contributed by atoms with Gasteiger partial charge in [-0.3, -0.25) is 0 Å². The molecular formula is C13H19Br2NO3. The summed E-state index contributed by atoms with van der Waals surface area (Å²) in [5, 5.41) is 0. The highest BCUT2D eigenvalue weighted by molar-refractivity contribution is 9.11. The first kappa shape index (κ1) is 16.9. The maximum absolute atomic E-state index is 5.69. The molecule has 19 heavy (non-hydrogen) atoms. The standard InChI is InChI=1S/C13H19Br2NO3/c1-17-4-5-18-6-7-19-13-11(14)8-10(2-3-16)9-12(13)15/h8-9H,2-7,16H2,1H3. The minimum absolute atomic E-state index is 0.497. The van der Waals surface area contributed by atoms with E-state index in [-0.39, 0.29) is 0 Å². The zero-order valence-corrected chi connectivity index (χ0v) is 14.1. The molecule has 0 unspecified atom stereocenters. The molecule has 0 heterocycles. The van der Waals surface area contributed by atoms with Gasteiger partial charge in [-0.25, -0.2) is 0 Å². The second-order valence-electron chi connectivity index (χ2n) is 3.88. The Bertz CT molecular complexity index is 365. The van der Waals surface area contributed by atoms with Crippen molar-refractivity contribution in [2.24, 2.45) is 5.73 Å². The van der Waals surface area contributed by atoms with Crippen molar-refractivity contribution in [2.45, 2.75) is 6.42 Å². The van der Waals surface area contributed by atoms with Gasteiger partial charge in [-0.2, -0.15) is 0 Å². The minimum Gasteiger partial charge on any atom is -0.489 e. The molecule has 0 aliphatic rings. The zero-order valence-electron chi connectivity index (χ0n) is 11.0. The molecule has 1 aromatic rings. The summed E-state index contributed by atoms with van der Waals surface area (Å²) in [6.45, 7) is 2.84. The van der Waals surface area contributed by atoms with Crippen molar-refractivity contribution >= 4 is 31.9 Å². The molecule has 0 bridgehead atoms. The second-order valence-corrected chi connectivity index (χ2v) is 5.59. The molecule has 0 aromatic heterocycles. The van der Waals surface area contributed by atoms with Gasteiger partial charge < -0.3 is 19.9 Å². The summed E-state index contributed by atoms with van der Waals surface area (Å²) in [6, 6.07) is 4.05. The minimum atomic E-state index is 0.497. The van der Waals surface area contributed by atoms with Gasteiger partial charge in [-0.05, 0) is 62.5 Å². The lowest BCUT2D eigenvalue weighted by Gasteiger charge is -2.12. The van der Waals surface area contributed by atoms with Crippen molar-refractivity contribution in [1.82, 2.24) is 0 Å². The highest BCUT2D eigenvalue weighted by Gasteiger charge is 2.08. The second kappa shape index (κ2) is 9.72. The van der Waals surface area contributed by atoms with Gasteiger partial charge in [0.2, 0.25) is 0 Å². The van der Waals surface area contributed by atoms with E-state index >= 15 is 0 Å². The van der Waals surface area contributed by atoms with Crippen molar-refractivity contribution in [3.05, 3.63) is 26.6 Å². The number of hydrogen-bond acceptors (Lipinski definition) is 4. The van der Waals surface area contributed by atoms with Crippen LogP contribution in [0.5, 0.6) is 5.75 Å². The van der Waals surface area contributed by atoms with Crippen molar-refractivity contribution in [3.63, 3.8) is 0 Å². The molecule has 0 saturated carbocycles. The van der Waals surface area contributed by atoms with Crippen LogP contribution in [0.25, 0.3) is 0 Å². The molecule has 0 saturated heterocycles. The molecule has 0 radical (unpaired) electrons. The third kappa shape index (κ3) is 6.23. The summed E-state index contributed by atoms with van der Waals surface area (Å²) in [4.78, 5) is 0. The number of benzene rings is 1. The van der Waals surface area contributed by atoms with Crippen molar-refractivity contribution in [1.29, 1.82) is 0 Å². The fourth-order valence-corrected chi connectivity index (χ4v) is 3.02. The summed E-state index contributed by atoms with van der Waals surface area (Å²) in [7, 11) is 1.65. The largest absolute Gasteiger partial charge is 0.489 e. The zero-order chi connectivity index (χ0) is 14.1. The van der Waals surface area contributed by atoms with E-state index < -0.39 is 0 Å². The molecule has 0 aliphatic heterocycles. The average molecular weight is 397 g/mol. The van der Waals surface area contributed by atoms with Gasteiger partial charge in [0.15, 0.2) is 0 Å². The first-order valence-corrected chi connectivity index (χ1v) is 7.65. The molecule has 0 amide bonds. The Kier molecular flexibility index (Phi) is 8.65. The van der Waals surface area contributed by atoms with Crippen molar-refractivity contribution < 1.29 is 14.2 Å². The summed E-state index contributed by atoms with van der Waals surface area (Å²) < 4.78 is 17.8. The smallest absolute Gasteiger partial charge is 0.147 e. The van der Waals surface area contributed by atoms with Crippen LogP contribution in [0.1, 0.15) is 5.56 Å². The summed E-state index contributed by atoms with van der Waals surface area (Å²) in [5.74, 6) is 0.788. The SMILES string of the molecule is COCCOCCOc1c(Br)cc(CCN)cc1Br. The van der Waals surface area contributed by atoms with E-state index in [4.69, 9.17) is 19.9 Å². The maximum atomic E-state index is 5.69. The van der Waals surface area contributed by atoms with Crippen LogP contribution < -0.4 is 10.5 Å². The molecule has 6 heteroatoms. The van der Waals surface area contributed by atoms with Gasteiger partial charge in [0.1, 0.15) is 12.4 Å². The quantitative estimate of drug-likeness (QED) is 0.652. The Hall–Kier alpha value is -0.140. The summed E-state index contributed by atoms with van der Waals surface area (Å²) >= 11 is 7.01. The van der Waals surface area contributed by atoms with Crippen LogP contribution in [0.2, 0.25) is 0 Å². The molecule has 0 spiro atoms. The van der Waals surface area contributed by atoms with Crippen molar-refractivity contribution in [3.8, 4) is 5.75 Å². The fraction of sp³-hybridized carbons (Fsp3) is 0.538. The molecule has 0 aliphatic carbocycles. The van der Waals surface area contributed by atoms with Gasteiger partial charge in [0.05, 0.1) is 28.8 Å². The number of ether oxygens (including phenoxy) is 3. The Balaban J connectivity index is 2.45. The molecule has 1 rings (SSSR count). The lowest BCUT2D eigenvalue weighted by atomic mass is 10.1. The van der Waals surface area contributed by atoms with E-state index in [2.05, 4.69) is 31.9 Å². The molecule has 1 aromatic carbocycles. The number of rotatable bonds is 9. The molecule has 108 valence electrons. The monoisotopic (exact) mass is 395 g/mol. The first-order valence-electron chi connectivity index (χ1n) is 6.06. The first-order chi connectivity index (χ1) is 9.19. The number of methoxy groups -OCH3 is 1. The number of nitrogens with two attached hydrogens (primary N) is 1. The Morgan fingerprint density at radius 1 is 1.05 bits per heavy atom. The van der Waals surface area contributed by atoms with Gasteiger partial charge in [-0.15, -0.1) is 0 Å². The third-order valence-electron chi connectivity index (χ3n) is 2.40. The molecule has 4 nitrogen and oxygen atoms in total. The van der Waals surface area contributed by atoms with Crippen LogP contribution in [-0.4, -0.2) is 40.1 Å². The lowest BCUT2D eigenvalue weighted by Crippen LogP contribution is -2.10. The number of hydrogen-bond donors (Lipinski definition) is 1. The average Bonchev–Trinajstić information content (AvgIpc) is 2.36. The highest BCUT2D eigenvalue weighted by Crippen LogP contribution is 2.34. The summed E-state index contributed by atoms with van der Waals surface area (Å²) in [6.07, 6.45) is 0.845. The van der Waals surface area contributed by atoms with Crippen LogP contribution in [0.3, 0.4) is 0 Å². The van der Waals surface area contributed by atoms with Crippen LogP contribution in [0.15, 0.2) is 21.1 Å². The highest BCUT2D eigenvalue weighted by atomic mass is 79.9. The van der Waals surface area contributed by atoms with E-state index in [0.29, 0.717) is 33.0 Å². The van der Waals surface area contributed by atoms with Crippen LogP contribution >= 0.6 is 31.9 Å². The molecular weight excluding hydrogens is 378 g/mol. The van der Waals surface area contributed by atoms with Gasteiger partial charge >= 0.3 is 0 Å². The Morgan fingerprint density at radius 2 is 1.68 bits per heavy atom. The van der Waals surface area contributed by atoms with Crippen molar-refractivity contribution in [2.75, 3.05) is 40.1 Å². The van der Waals surface area contributed by atoms with Crippen LogP contribution in [0, 0.1) is 0 Å². The third-order valence-corrected chi connectivity index (χ3v) is 3.58. The van der Waals surface area contributed by atoms with E-state index in [9.17, 15) is 0 Å². The maximum Gasteiger partial charge on any atom is 0.147 e. The van der Waals surface area contributed by atoms with E-state index in [1.807, 2.05) is 12.1 Å². The fourth-order valence-electron chi connectivity index (χ4n) is 1.51.